The zero-order valence-corrected chi connectivity index (χ0v) is 8.06. The predicted molar refractivity (Wildman–Crippen MR) is 49.7 cm³/mol. The summed E-state index contributed by atoms with van der Waals surface area (Å²) in [5.74, 6) is -0.00881. The molecule has 0 amide bonds. The quantitative estimate of drug-likeness (QED) is 0.713. The molecule has 0 saturated heterocycles. The number of carboxylic acid groups (broad SMARTS) is 1. The van der Waals surface area contributed by atoms with Crippen molar-refractivity contribution in [3.05, 3.63) is 18.0 Å². The highest BCUT2D eigenvalue weighted by atomic mass is 16.5. The fourth-order valence-corrected chi connectivity index (χ4v) is 1.05. The van der Waals surface area contributed by atoms with E-state index in [1.54, 1.807) is 12.3 Å². The van der Waals surface area contributed by atoms with E-state index in [9.17, 15) is 4.79 Å². The van der Waals surface area contributed by atoms with Crippen LogP contribution in [0.3, 0.4) is 0 Å². The molecule has 0 aliphatic carbocycles. The summed E-state index contributed by atoms with van der Waals surface area (Å²) in [5.41, 5.74) is 0. The molecule has 0 saturated carbocycles. The Morgan fingerprint density at radius 1 is 1.79 bits per heavy atom. The van der Waals surface area contributed by atoms with Gasteiger partial charge in [0.1, 0.15) is 5.76 Å². The third kappa shape index (κ3) is 4.04. The molecule has 0 aliphatic heterocycles. The molecule has 1 aromatic heterocycles. The number of nitrogens with zero attached hydrogens (tertiary/aromatic N) is 1. The van der Waals surface area contributed by atoms with Crippen LogP contribution < -0.4 is 5.32 Å². The summed E-state index contributed by atoms with van der Waals surface area (Å²) in [6.45, 7) is 2.53. The van der Waals surface area contributed by atoms with E-state index in [4.69, 9.17) is 9.63 Å². The molecule has 1 aromatic rings. The first-order valence-electron chi connectivity index (χ1n) is 4.53. The molecule has 1 heterocycles. The van der Waals surface area contributed by atoms with Gasteiger partial charge in [0, 0.05) is 18.5 Å². The van der Waals surface area contributed by atoms with Crippen molar-refractivity contribution in [2.75, 3.05) is 0 Å². The smallest absolute Gasteiger partial charge is 0.303 e. The van der Waals surface area contributed by atoms with E-state index >= 15 is 0 Å². The van der Waals surface area contributed by atoms with Gasteiger partial charge in [0.15, 0.2) is 0 Å². The third-order valence-corrected chi connectivity index (χ3v) is 1.91. The van der Waals surface area contributed by atoms with Crippen LogP contribution in [0.15, 0.2) is 16.8 Å². The Morgan fingerprint density at radius 3 is 3.14 bits per heavy atom. The maximum atomic E-state index is 10.3. The zero-order valence-electron chi connectivity index (χ0n) is 8.06. The van der Waals surface area contributed by atoms with E-state index in [1.807, 2.05) is 6.92 Å². The molecule has 1 rings (SSSR count). The molecule has 5 heteroatoms. The third-order valence-electron chi connectivity index (χ3n) is 1.91. The van der Waals surface area contributed by atoms with Crippen LogP contribution in [0.2, 0.25) is 0 Å². The molecule has 0 aliphatic rings. The standard InChI is InChI=1S/C9H14N2O3/c1-7(2-3-9(12)13)10-6-8-4-5-11-14-8/h4-5,7,10H,2-3,6H2,1H3,(H,12,13). The number of rotatable bonds is 6. The fraction of sp³-hybridized carbons (Fsp3) is 0.556. The van der Waals surface area contributed by atoms with Gasteiger partial charge in [-0.1, -0.05) is 5.16 Å². The van der Waals surface area contributed by atoms with Gasteiger partial charge in [-0.05, 0) is 13.3 Å². The Hall–Kier alpha value is -1.36. The van der Waals surface area contributed by atoms with Crippen molar-refractivity contribution >= 4 is 5.97 Å². The maximum absolute atomic E-state index is 10.3. The molecule has 0 radical (unpaired) electrons. The summed E-state index contributed by atoms with van der Waals surface area (Å²) < 4.78 is 4.88. The topological polar surface area (TPSA) is 75.4 Å². The number of carbonyl (C=O) groups is 1. The summed E-state index contributed by atoms with van der Waals surface area (Å²) in [6.07, 6.45) is 2.38. The van der Waals surface area contributed by atoms with Crippen molar-refractivity contribution in [1.82, 2.24) is 10.5 Å². The van der Waals surface area contributed by atoms with Crippen molar-refractivity contribution in [2.45, 2.75) is 32.4 Å². The normalized spacial score (nSPS) is 12.6. The Balaban J connectivity index is 2.15. The van der Waals surface area contributed by atoms with Crippen molar-refractivity contribution < 1.29 is 14.4 Å². The number of aromatic nitrogens is 1. The lowest BCUT2D eigenvalue weighted by atomic mass is 10.2. The lowest BCUT2D eigenvalue weighted by molar-refractivity contribution is -0.137. The Bertz CT molecular complexity index is 272. The zero-order chi connectivity index (χ0) is 10.4. The van der Waals surface area contributed by atoms with E-state index in [0.717, 1.165) is 5.76 Å². The largest absolute Gasteiger partial charge is 0.481 e. The minimum absolute atomic E-state index is 0.163. The first kappa shape index (κ1) is 10.7. The van der Waals surface area contributed by atoms with Crippen molar-refractivity contribution in [2.24, 2.45) is 0 Å². The van der Waals surface area contributed by atoms with E-state index < -0.39 is 5.97 Å². The van der Waals surface area contributed by atoms with Crippen molar-refractivity contribution in [3.63, 3.8) is 0 Å². The lowest BCUT2D eigenvalue weighted by Gasteiger charge is -2.10. The van der Waals surface area contributed by atoms with Crippen LogP contribution in [0.5, 0.6) is 0 Å². The van der Waals surface area contributed by atoms with Crippen LogP contribution in [-0.2, 0) is 11.3 Å². The molecular formula is C9H14N2O3. The fourth-order valence-electron chi connectivity index (χ4n) is 1.05. The molecule has 1 atom stereocenters. The Labute approximate surface area is 82.1 Å². The summed E-state index contributed by atoms with van der Waals surface area (Å²) in [7, 11) is 0. The molecule has 0 fully saturated rings. The minimum Gasteiger partial charge on any atom is -0.481 e. The van der Waals surface area contributed by atoms with Crippen LogP contribution >= 0.6 is 0 Å². The molecule has 78 valence electrons. The van der Waals surface area contributed by atoms with Gasteiger partial charge in [0.05, 0.1) is 12.7 Å². The minimum atomic E-state index is -0.765. The first-order valence-corrected chi connectivity index (χ1v) is 4.53. The van der Waals surface area contributed by atoms with E-state index in [2.05, 4.69) is 10.5 Å². The van der Waals surface area contributed by atoms with Gasteiger partial charge < -0.3 is 14.9 Å². The second-order valence-electron chi connectivity index (χ2n) is 3.19. The number of nitrogens with one attached hydrogen (secondary N) is 1. The summed E-state index contributed by atoms with van der Waals surface area (Å²) in [6, 6.07) is 1.94. The van der Waals surface area contributed by atoms with E-state index in [-0.39, 0.29) is 12.5 Å². The SMILES string of the molecule is CC(CCC(=O)O)NCc1ccno1. The lowest BCUT2D eigenvalue weighted by Crippen LogP contribution is -2.25. The summed E-state index contributed by atoms with van der Waals surface area (Å²) in [4.78, 5) is 10.3. The van der Waals surface area contributed by atoms with Crippen LogP contribution in [-0.4, -0.2) is 22.3 Å². The number of aliphatic carboxylic acids is 1. The summed E-state index contributed by atoms with van der Waals surface area (Å²) in [5, 5.41) is 15.2. The van der Waals surface area contributed by atoms with E-state index in [0.29, 0.717) is 13.0 Å². The number of carboxylic acids is 1. The van der Waals surface area contributed by atoms with Gasteiger partial charge in [-0.25, -0.2) is 0 Å². The van der Waals surface area contributed by atoms with E-state index in [1.165, 1.54) is 0 Å². The van der Waals surface area contributed by atoms with Gasteiger partial charge in [-0.3, -0.25) is 4.79 Å². The van der Waals surface area contributed by atoms with Crippen molar-refractivity contribution in [3.8, 4) is 0 Å². The summed E-state index contributed by atoms with van der Waals surface area (Å²) >= 11 is 0. The average molecular weight is 198 g/mol. The van der Waals surface area contributed by atoms with Crippen LogP contribution in [0.25, 0.3) is 0 Å². The molecule has 0 bridgehead atoms. The van der Waals surface area contributed by atoms with Crippen LogP contribution in [0.4, 0.5) is 0 Å². The number of hydrogen-bond acceptors (Lipinski definition) is 4. The van der Waals surface area contributed by atoms with Crippen LogP contribution in [0, 0.1) is 0 Å². The molecule has 0 spiro atoms. The molecule has 2 N–H and O–H groups in total. The van der Waals surface area contributed by atoms with Gasteiger partial charge >= 0.3 is 5.97 Å². The van der Waals surface area contributed by atoms with Gasteiger partial charge in [-0.2, -0.15) is 0 Å². The Kier molecular flexibility index (Phi) is 4.12. The number of hydrogen-bond donors (Lipinski definition) is 2. The highest BCUT2D eigenvalue weighted by Gasteiger charge is 2.05. The average Bonchev–Trinajstić information content (AvgIpc) is 2.63. The molecular weight excluding hydrogens is 184 g/mol. The molecule has 14 heavy (non-hydrogen) atoms. The molecule has 0 aromatic carbocycles. The highest BCUT2D eigenvalue weighted by Crippen LogP contribution is 2.00. The monoisotopic (exact) mass is 198 g/mol. The first-order chi connectivity index (χ1) is 6.68. The second kappa shape index (κ2) is 5.39. The second-order valence-corrected chi connectivity index (χ2v) is 3.19. The Morgan fingerprint density at radius 2 is 2.57 bits per heavy atom. The predicted octanol–water partition coefficient (Wildman–Crippen LogP) is 1.02. The van der Waals surface area contributed by atoms with Crippen molar-refractivity contribution in [1.29, 1.82) is 0 Å². The maximum Gasteiger partial charge on any atom is 0.303 e. The molecule has 5 nitrogen and oxygen atoms in total. The van der Waals surface area contributed by atoms with Gasteiger partial charge in [0.25, 0.3) is 0 Å². The van der Waals surface area contributed by atoms with Gasteiger partial charge in [-0.15, -0.1) is 0 Å². The molecule has 1 unspecified atom stereocenters. The van der Waals surface area contributed by atoms with Crippen LogP contribution in [0.1, 0.15) is 25.5 Å². The highest BCUT2D eigenvalue weighted by molar-refractivity contribution is 5.66. The van der Waals surface area contributed by atoms with Gasteiger partial charge in [0.2, 0.25) is 0 Å².